The average molecular weight is 430 g/mol. The molecule has 0 saturated heterocycles. The lowest BCUT2D eigenvalue weighted by Gasteiger charge is -2.25. The SMILES string of the molecule is CCOc1ccc(C2=C(N(CC)c3ccccc3)C(=O)N(c3ccccc3F)C2=O)cc1. The van der Waals surface area contributed by atoms with Gasteiger partial charge in [-0.3, -0.25) is 9.59 Å². The molecule has 0 atom stereocenters. The van der Waals surface area contributed by atoms with Gasteiger partial charge in [-0.15, -0.1) is 0 Å². The summed E-state index contributed by atoms with van der Waals surface area (Å²) < 4.78 is 20.1. The van der Waals surface area contributed by atoms with Gasteiger partial charge >= 0.3 is 0 Å². The number of imide groups is 1. The van der Waals surface area contributed by atoms with E-state index in [2.05, 4.69) is 0 Å². The summed E-state index contributed by atoms with van der Waals surface area (Å²) in [5.74, 6) is -1.09. The number of anilines is 2. The lowest BCUT2D eigenvalue weighted by molar-refractivity contribution is -0.120. The van der Waals surface area contributed by atoms with Crippen molar-refractivity contribution in [1.82, 2.24) is 0 Å². The van der Waals surface area contributed by atoms with Crippen molar-refractivity contribution in [2.45, 2.75) is 13.8 Å². The molecular weight excluding hydrogens is 407 g/mol. The zero-order chi connectivity index (χ0) is 22.7. The summed E-state index contributed by atoms with van der Waals surface area (Å²) in [4.78, 5) is 29.9. The standard InChI is InChI=1S/C26H23FN2O3/c1-3-28(19-10-6-5-7-11-19)24-23(18-14-16-20(17-15-18)32-4-2)25(30)29(26(24)31)22-13-9-8-12-21(22)27/h5-17H,3-4H2,1-2H3. The number of likely N-dealkylation sites (N-methyl/N-ethyl adjacent to an activating group) is 1. The molecule has 0 aromatic heterocycles. The van der Waals surface area contributed by atoms with Crippen LogP contribution in [0.25, 0.3) is 5.57 Å². The predicted molar refractivity (Wildman–Crippen MR) is 123 cm³/mol. The highest BCUT2D eigenvalue weighted by Gasteiger charge is 2.43. The first-order chi connectivity index (χ1) is 15.6. The van der Waals surface area contributed by atoms with Crippen LogP contribution in [0.5, 0.6) is 5.75 Å². The van der Waals surface area contributed by atoms with Crippen LogP contribution in [0, 0.1) is 5.82 Å². The number of hydrogen-bond acceptors (Lipinski definition) is 4. The molecule has 0 radical (unpaired) electrons. The summed E-state index contributed by atoms with van der Waals surface area (Å²) >= 11 is 0. The van der Waals surface area contributed by atoms with Gasteiger partial charge in [0.05, 0.1) is 17.9 Å². The van der Waals surface area contributed by atoms with Crippen LogP contribution in [0.15, 0.2) is 84.6 Å². The first kappa shape index (κ1) is 21.3. The molecule has 0 N–H and O–H groups in total. The number of para-hydroxylation sites is 2. The Balaban J connectivity index is 1.89. The summed E-state index contributed by atoms with van der Waals surface area (Å²) in [5, 5.41) is 0. The van der Waals surface area contributed by atoms with E-state index >= 15 is 0 Å². The van der Waals surface area contributed by atoms with Crippen molar-refractivity contribution in [3.63, 3.8) is 0 Å². The van der Waals surface area contributed by atoms with E-state index in [1.54, 1.807) is 35.2 Å². The van der Waals surface area contributed by atoms with Crippen molar-refractivity contribution in [3.8, 4) is 5.75 Å². The van der Waals surface area contributed by atoms with Crippen LogP contribution < -0.4 is 14.5 Å². The zero-order valence-corrected chi connectivity index (χ0v) is 17.9. The first-order valence-corrected chi connectivity index (χ1v) is 10.5. The minimum atomic E-state index is -0.635. The van der Waals surface area contributed by atoms with Gasteiger partial charge in [0.25, 0.3) is 11.8 Å². The fourth-order valence-electron chi connectivity index (χ4n) is 3.84. The molecule has 5 nitrogen and oxygen atoms in total. The van der Waals surface area contributed by atoms with E-state index in [-0.39, 0.29) is 17.0 Å². The molecule has 1 aliphatic heterocycles. The van der Waals surface area contributed by atoms with Gasteiger partial charge in [-0.25, -0.2) is 9.29 Å². The summed E-state index contributed by atoms with van der Waals surface area (Å²) in [5.41, 5.74) is 1.72. The number of ether oxygens (including phenoxy) is 1. The molecule has 3 aromatic rings. The number of carbonyl (C=O) groups is 2. The van der Waals surface area contributed by atoms with Crippen molar-refractivity contribution < 1.29 is 18.7 Å². The van der Waals surface area contributed by atoms with Crippen LogP contribution in [0.3, 0.4) is 0 Å². The Morgan fingerprint density at radius 1 is 0.844 bits per heavy atom. The Kier molecular flexibility index (Phi) is 6.03. The van der Waals surface area contributed by atoms with E-state index in [1.807, 2.05) is 44.2 Å². The molecule has 4 rings (SSSR count). The molecule has 1 heterocycles. The number of benzene rings is 3. The van der Waals surface area contributed by atoms with Crippen LogP contribution >= 0.6 is 0 Å². The van der Waals surface area contributed by atoms with Crippen LogP contribution in [0.4, 0.5) is 15.8 Å². The Morgan fingerprint density at radius 2 is 1.50 bits per heavy atom. The highest BCUT2D eigenvalue weighted by molar-refractivity contribution is 6.46. The fraction of sp³-hybridized carbons (Fsp3) is 0.154. The van der Waals surface area contributed by atoms with Crippen molar-refractivity contribution >= 4 is 28.8 Å². The van der Waals surface area contributed by atoms with Gasteiger partial charge in [-0.05, 0) is 55.8 Å². The molecule has 0 bridgehead atoms. The number of amides is 2. The minimum Gasteiger partial charge on any atom is -0.494 e. The summed E-state index contributed by atoms with van der Waals surface area (Å²) in [7, 11) is 0. The normalized spacial score (nSPS) is 13.7. The van der Waals surface area contributed by atoms with Gasteiger partial charge in [0.2, 0.25) is 0 Å². The van der Waals surface area contributed by atoms with E-state index in [0.717, 1.165) is 10.6 Å². The molecule has 0 spiro atoms. The Labute approximate surface area is 186 Å². The van der Waals surface area contributed by atoms with E-state index in [9.17, 15) is 14.0 Å². The smallest absolute Gasteiger partial charge is 0.282 e. The number of halogens is 1. The quantitative estimate of drug-likeness (QED) is 0.493. The summed E-state index contributed by atoms with van der Waals surface area (Å²) in [6.45, 7) is 4.76. The largest absolute Gasteiger partial charge is 0.494 e. The monoisotopic (exact) mass is 430 g/mol. The van der Waals surface area contributed by atoms with Gasteiger partial charge < -0.3 is 9.64 Å². The molecule has 0 saturated carbocycles. The topological polar surface area (TPSA) is 49.9 Å². The third-order valence-corrected chi connectivity index (χ3v) is 5.26. The number of nitrogens with zero attached hydrogens (tertiary/aromatic N) is 2. The number of carbonyl (C=O) groups excluding carboxylic acids is 2. The highest BCUT2D eigenvalue weighted by Crippen LogP contribution is 2.37. The molecule has 0 unspecified atom stereocenters. The maximum absolute atomic E-state index is 14.6. The van der Waals surface area contributed by atoms with E-state index < -0.39 is 17.6 Å². The van der Waals surface area contributed by atoms with Crippen molar-refractivity contribution in [2.24, 2.45) is 0 Å². The molecule has 2 amide bonds. The molecule has 0 fully saturated rings. The second kappa shape index (κ2) is 9.06. The number of hydrogen-bond donors (Lipinski definition) is 0. The predicted octanol–water partition coefficient (Wildman–Crippen LogP) is 5.04. The second-order valence-corrected chi connectivity index (χ2v) is 7.16. The maximum atomic E-state index is 14.6. The highest BCUT2D eigenvalue weighted by atomic mass is 19.1. The zero-order valence-electron chi connectivity index (χ0n) is 17.9. The van der Waals surface area contributed by atoms with E-state index in [1.165, 1.54) is 18.2 Å². The third-order valence-electron chi connectivity index (χ3n) is 5.26. The Morgan fingerprint density at radius 3 is 2.12 bits per heavy atom. The summed E-state index contributed by atoms with van der Waals surface area (Å²) in [6.07, 6.45) is 0. The van der Waals surface area contributed by atoms with Gasteiger partial charge in [-0.2, -0.15) is 0 Å². The number of rotatable bonds is 7. The first-order valence-electron chi connectivity index (χ1n) is 10.5. The summed E-state index contributed by atoms with van der Waals surface area (Å²) in [6, 6.07) is 22.1. The van der Waals surface area contributed by atoms with Gasteiger partial charge in [0.1, 0.15) is 17.3 Å². The molecule has 0 aliphatic carbocycles. The van der Waals surface area contributed by atoms with Crippen LogP contribution in [0.2, 0.25) is 0 Å². The molecule has 6 heteroatoms. The van der Waals surface area contributed by atoms with Gasteiger partial charge in [-0.1, -0.05) is 42.5 Å². The molecule has 162 valence electrons. The Bertz CT molecular complexity index is 1170. The van der Waals surface area contributed by atoms with Crippen molar-refractivity contribution in [1.29, 1.82) is 0 Å². The molecule has 3 aromatic carbocycles. The van der Waals surface area contributed by atoms with Gasteiger partial charge in [0.15, 0.2) is 0 Å². The van der Waals surface area contributed by atoms with Crippen LogP contribution in [0.1, 0.15) is 19.4 Å². The average Bonchev–Trinajstić information content (AvgIpc) is 3.06. The van der Waals surface area contributed by atoms with Crippen molar-refractivity contribution in [3.05, 3.63) is 95.9 Å². The lowest BCUT2D eigenvalue weighted by atomic mass is 10.0. The lowest BCUT2D eigenvalue weighted by Crippen LogP contribution is -2.35. The van der Waals surface area contributed by atoms with E-state index in [0.29, 0.717) is 24.5 Å². The second-order valence-electron chi connectivity index (χ2n) is 7.16. The van der Waals surface area contributed by atoms with Crippen LogP contribution in [-0.2, 0) is 9.59 Å². The fourth-order valence-corrected chi connectivity index (χ4v) is 3.84. The van der Waals surface area contributed by atoms with Crippen LogP contribution in [-0.4, -0.2) is 25.0 Å². The van der Waals surface area contributed by atoms with Gasteiger partial charge in [0, 0.05) is 12.2 Å². The third kappa shape index (κ3) is 3.75. The van der Waals surface area contributed by atoms with Crippen molar-refractivity contribution in [2.75, 3.05) is 23.0 Å². The molecule has 32 heavy (non-hydrogen) atoms. The Hall–Kier alpha value is -3.93. The molecular formula is C26H23FN2O3. The van der Waals surface area contributed by atoms with E-state index in [4.69, 9.17) is 4.74 Å². The maximum Gasteiger partial charge on any atom is 0.282 e. The molecule has 1 aliphatic rings. The minimum absolute atomic E-state index is 0.0648.